The van der Waals surface area contributed by atoms with Crippen molar-refractivity contribution in [3.63, 3.8) is 0 Å². The lowest BCUT2D eigenvalue weighted by Crippen LogP contribution is -2.56. The van der Waals surface area contributed by atoms with Gasteiger partial charge in [0.05, 0.1) is 19.0 Å². The van der Waals surface area contributed by atoms with Crippen LogP contribution in [0.3, 0.4) is 0 Å². The highest BCUT2D eigenvalue weighted by Crippen LogP contribution is 2.06. The Morgan fingerprint density at radius 2 is 1.23 bits per heavy atom. The number of hydrogen-bond acceptors (Lipinski definition) is 10. The van der Waals surface area contributed by atoms with Gasteiger partial charge < -0.3 is 54.4 Å². The third kappa shape index (κ3) is 16.2. The summed E-state index contributed by atoms with van der Waals surface area (Å²) in [5, 5.41) is 27.4. The molecule has 0 radical (unpaired) electrons. The van der Waals surface area contributed by atoms with E-state index in [4.69, 9.17) is 33.1 Å². The standard InChI is InChI=1S/C23H42N8O9/c24-9-3-1-5-13(26)20(36)30-15(7-8-19(34)35)22(38)31-14(6-2-4-10-25)21(37)28-12-18(33)29-16(23(39)40)11-17(27)32/h13-16H,1-12,24-26H2,(H2,27,32)(H,28,37)(H,29,33)(H,30,36)(H,31,38)(H,34,35)(H,39,40)/t13-,14-,15-,16-/m0/s1. The number of carboxylic acids is 2. The van der Waals surface area contributed by atoms with E-state index >= 15 is 0 Å². The minimum Gasteiger partial charge on any atom is -0.481 e. The molecule has 0 spiro atoms. The maximum atomic E-state index is 13.0. The molecule has 5 amide bonds. The fourth-order valence-corrected chi connectivity index (χ4v) is 3.43. The maximum absolute atomic E-state index is 13.0. The first kappa shape index (κ1) is 36.2. The lowest BCUT2D eigenvalue weighted by atomic mass is 10.0. The molecule has 0 bridgehead atoms. The number of rotatable bonds is 22. The molecule has 17 nitrogen and oxygen atoms in total. The molecule has 0 saturated heterocycles. The summed E-state index contributed by atoms with van der Waals surface area (Å²) in [6.45, 7) is 0.0443. The number of carbonyl (C=O) groups is 7. The predicted octanol–water partition coefficient (Wildman–Crippen LogP) is -4.03. The lowest BCUT2D eigenvalue weighted by molar-refractivity contribution is -0.143. The van der Waals surface area contributed by atoms with Crippen molar-refractivity contribution in [1.29, 1.82) is 0 Å². The zero-order valence-corrected chi connectivity index (χ0v) is 22.4. The van der Waals surface area contributed by atoms with E-state index in [1.165, 1.54) is 0 Å². The number of carboxylic acid groups (broad SMARTS) is 2. The van der Waals surface area contributed by atoms with Gasteiger partial charge in [0.15, 0.2) is 0 Å². The molecule has 0 saturated carbocycles. The van der Waals surface area contributed by atoms with Crippen molar-refractivity contribution in [2.45, 2.75) is 82.0 Å². The molecule has 0 aromatic heterocycles. The Morgan fingerprint density at radius 3 is 1.75 bits per heavy atom. The average molecular weight is 575 g/mol. The van der Waals surface area contributed by atoms with Crippen molar-refractivity contribution in [1.82, 2.24) is 21.3 Å². The van der Waals surface area contributed by atoms with Crippen LogP contribution in [-0.2, 0) is 33.6 Å². The van der Waals surface area contributed by atoms with Crippen LogP contribution in [0.25, 0.3) is 0 Å². The first-order valence-electron chi connectivity index (χ1n) is 12.9. The predicted molar refractivity (Wildman–Crippen MR) is 141 cm³/mol. The number of nitrogens with one attached hydrogen (secondary N) is 4. The molecule has 0 unspecified atom stereocenters. The van der Waals surface area contributed by atoms with Crippen LogP contribution in [0.1, 0.15) is 57.8 Å². The van der Waals surface area contributed by atoms with E-state index in [1.54, 1.807) is 0 Å². The zero-order chi connectivity index (χ0) is 30.7. The van der Waals surface area contributed by atoms with E-state index in [0.717, 1.165) is 0 Å². The topological polar surface area (TPSA) is 312 Å². The van der Waals surface area contributed by atoms with Crippen LogP contribution < -0.4 is 44.2 Å². The van der Waals surface area contributed by atoms with Crippen molar-refractivity contribution in [3.8, 4) is 0 Å². The summed E-state index contributed by atoms with van der Waals surface area (Å²) in [5.41, 5.74) is 21.8. The molecule has 228 valence electrons. The Morgan fingerprint density at radius 1 is 0.675 bits per heavy atom. The molecule has 0 fully saturated rings. The maximum Gasteiger partial charge on any atom is 0.326 e. The van der Waals surface area contributed by atoms with Gasteiger partial charge in [0.25, 0.3) is 0 Å². The molecular formula is C23H42N8O9. The second-order valence-electron chi connectivity index (χ2n) is 9.08. The van der Waals surface area contributed by atoms with Gasteiger partial charge in [-0.15, -0.1) is 0 Å². The van der Waals surface area contributed by atoms with E-state index in [-0.39, 0.29) is 12.8 Å². The van der Waals surface area contributed by atoms with E-state index < -0.39 is 85.0 Å². The largest absolute Gasteiger partial charge is 0.481 e. The minimum atomic E-state index is -1.60. The van der Waals surface area contributed by atoms with Crippen molar-refractivity contribution in [2.75, 3.05) is 19.6 Å². The summed E-state index contributed by atoms with van der Waals surface area (Å²) in [4.78, 5) is 83.7. The molecule has 17 heteroatoms. The van der Waals surface area contributed by atoms with Gasteiger partial charge in [-0.1, -0.05) is 6.42 Å². The molecule has 0 aliphatic carbocycles. The third-order valence-electron chi connectivity index (χ3n) is 5.63. The number of unbranched alkanes of at least 4 members (excludes halogenated alkanes) is 2. The quantitative estimate of drug-likeness (QED) is 0.0553. The molecule has 0 aromatic rings. The molecule has 0 aromatic carbocycles. The summed E-state index contributed by atoms with van der Waals surface area (Å²) in [6, 6.07) is -5.07. The van der Waals surface area contributed by atoms with Crippen LogP contribution >= 0.6 is 0 Å². The Balaban J connectivity index is 5.41. The first-order valence-corrected chi connectivity index (χ1v) is 12.9. The molecule has 0 aliphatic rings. The SMILES string of the molecule is NCCCC[C@H](NC(=O)[C@H](CCC(=O)O)NC(=O)[C@@H](N)CCCCN)C(=O)NCC(=O)N[C@@H](CC(N)=O)C(=O)O. The van der Waals surface area contributed by atoms with Crippen molar-refractivity contribution < 1.29 is 43.8 Å². The highest BCUT2D eigenvalue weighted by Gasteiger charge is 2.29. The normalized spacial score (nSPS) is 13.7. The van der Waals surface area contributed by atoms with E-state index in [1.807, 2.05) is 0 Å². The fourth-order valence-electron chi connectivity index (χ4n) is 3.43. The lowest BCUT2D eigenvalue weighted by Gasteiger charge is -2.24. The summed E-state index contributed by atoms with van der Waals surface area (Å²) >= 11 is 0. The van der Waals surface area contributed by atoms with Crippen molar-refractivity contribution in [2.24, 2.45) is 22.9 Å². The Kier molecular flexibility index (Phi) is 18.2. The third-order valence-corrected chi connectivity index (χ3v) is 5.63. The average Bonchev–Trinajstić information content (AvgIpc) is 2.88. The molecule has 14 N–H and O–H groups in total. The molecule has 0 rings (SSSR count). The molecule has 0 aliphatic heterocycles. The number of amides is 5. The highest BCUT2D eigenvalue weighted by molar-refractivity contribution is 5.95. The Labute approximate surface area is 231 Å². The van der Waals surface area contributed by atoms with Crippen LogP contribution in [0.4, 0.5) is 0 Å². The Bertz CT molecular complexity index is 886. The van der Waals surface area contributed by atoms with Crippen LogP contribution in [0, 0.1) is 0 Å². The molecule has 0 heterocycles. The van der Waals surface area contributed by atoms with Crippen LogP contribution in [0.5, 0.6) is 0 Å². The van der Waals surface area contributed by atoms with Gasteiger partial charge in [0, 0.05) is 6.42 Å². The van der Waals surface area contributed by atoms with Gasteiger partial charge in [-0.3, -0.25) is 28.8 Å². The van der Waals surface area contributed by atoms with Gasteiger partial charge in [-0.2, -0.15) is 0 Å². The van der Waals surface area contributed by atoms with Crippen LogP contribution in [-0.4, -0.2) is 95.5 Å². The van der Waals surface area contributed by atoms with E-state index in [9.17, 15) is 33.6 Å². The zero-order valence-electron chi connectivity index (χ0n) is 22.4. The van der Waals surface area contributed by atoms with Gasteiger partial charge in [0.2, 0.25) is 29.5 Å². The van der Waals surface area contributed by atoms with Gasteiger partial charge in [-0.25, -0.2) is 4.79 Å². The van der Waals surface area contributed by atoms with Crippen LogP contribution in [0.2, 0.25) is 0 Å². The number of primary amides is 1. The molecule has 4 atom stereocenters. The van der Waals surface area contributed by atoms with Gasteiger partial charge >= 0.3 is 11.9 Å². The second-order valence-corrected chi connectivity index (χ2v) is 9.08. The van der Waals surface area contributed by atoms with Gasteiger partial charge in [0.1, 0.15) is 18.1 Å². The molecule has 40 heavy (non-hydrogen) atoms. The summed E-state index contributed by atoms with van der Waals surface area (Å²) in [7, 11) is 0. The van der Waals surface area contributed by atoms with Crippen LogP contribution in [0.15, 0.2) is 0 Å². The van der Waals surface area contributed by atoms with Crippen molar-refractivity contribution >= 4 is 41.5 Å². The van der Waals surface area contributed by atoms with Gasteiger partial charge in [-0.05, 0) is 51.6 Å². The number of aliphatic carboxylic acids is 2. The Hall–Kier alpha value is -3.83. The summed E-state index contributed by atoms with van der Waals surface area (Å²) < 4.78 is 0. The molecular weight excluding hydrogens is 532 g/mol. The monoisotopic (exact) mass is 574 g/mol. The number of hydrogen-bond donors (Lipinski definition) is 10. The number of carbonyl (C=O) groups excluding carboxylic acids is 5. The highest BCUT2D eigenvalue weighted by atomic mass is 16.4. The first-order chi connectivity index (χ1) is 18.8. The number of nitrogens with two attached hydrogens (primary N) is 4. The second kappa shape index (κ2) is 20.1. The fraction of sp³-hybridized carbons (Fsp3) is 0.696. The summed E-state index contributed by atoms with van der Waals surface area (Å²) in [5.74, 6) is -6.91. The summed E-state index contributed by atoms with van der Waals surface area (Å²) in [6.07, 6.45) is 1.11. The smallest absolute Gasteiger partial charge is 0.326 e. The van der Waals surface area contributed by atoms with E-state index in [2.05, 4.69) is 21.3 Å². The van der Waals surface area contributed by atoms with Crippen molar-refractivity contribution in [3.05, 3.63) is 0 Å². The minimum absolute atomic E-state index is 0.0913. The van der Waals surface area contributed by atoms with E-state index in [0.29, 0.717) is 45.2 Å².